The standard InChI is InChI=1S/C12H21N3O4S/c1-5-19-11-7-18-6-10(11)14-20(16,17)12-8(2)13-15(4)9(12)3/h10-11,14H,5-7H2,1-4H3/t10-,11-/m0/s1. The first kappa shape index (κ1) is 15.4. The summed E-state index contributed by atoms with van der Waals surface area (Å²) in [5.41, 5.74) is 1.10. The van der Waals surface area contributed by atoms with Gasteiger partial charge in [0.15, 0.2) is 0 Å². The number of hydrogen-bond donors (Lipinski definition) is 1. The van der Waals surface area contributed by atoms with E-state index >= 15 is 0 Å². The Morgan fingerprint density at radius 1 is 1.45 bits per heavy atom. The molecule has 0 unspecified atom stereocenters. The molecule has 20 heavy (non-hydrogen) atoms. The molecule has 0 bridgehead atoms. The predicted molar refractivity (Wildman–Crippen MR) is 73.0 cm³/mol. The van der Waals surface area contributed by atoms with E-state index in [0.29, 0.717) is 31.2 Å². The zero-order valence-electron chi connectivity index (χ0n) is 12.2. The molecule has 2 heterocycles. The van der Waals surface area contributed by atoms with Gasteiger partial charge in [0.05, 0.1) is 36.7 Å². The number of ether oxygens (including phenoxy) is 2. The maximum absolute atomic E-state index is 12.5. The Bertz CT molecular complexity index is 582. The molecule has 0 radical (unpaired) electrons. The summed E-state index contributed by atoms with van der Waals surface area (Å²) in [6.07, 6.45) is -0.243. The van der Waals surface area contributed by atoms with Crippen LogP contribution in [-0.2, 0) is 26.5 Å². The van der Waals surface area contributed by atoms with E-state index in [1.165, 1.54) is 0 Å². The van der Waals surface area contributed by atoms with E-state index in [2.05, 4.69) is 9.82 Å². The second kappa shape index (κ2) is 5.80. The lowest BCUT2D eigenvalue weighted by molar-refractivity contribution is 0.0440. The van der Waals surface area contributed by atoms with Crippen molar-refractivity contribution in [3.8, 4) is 0 Å². The molecule has 0 aliphatic carbocycles. The van der Waals surface area contributed by atoms with Gasteiger partial charge in [0.25, 0.3) is 0 Å². The first-order chi connectivity index (χ1) is 9.36. The van der Waals surface area contributed by atoms with Crippen LogP contribution in [0.4, 0.5) is 0 Å². The van der Waals surface area contributed by atoms with Gasteiger partial charge in [-0.2, -0.15) is 5.10 Å². The largest absolute Gasteiger partial charge is 0.377 e. The molecule has 1 aliphatic heterocycles. The molecule has 1 aliphatic rings. The molecule has 0 amide bonds. The first-order valence-electron chi connectivity index (χ1n) is 6.58. The van der Waals surface area contributed by atoms with Crippen molar-refractivity contribution in [1.29, 1.82) is 0 Å². The lowest BCUT2D eigenvalue weighted by atomic mass is 10.2. The highest BCUT2D eigenvalue weighted by atomic mass is 32.2. The maximum Gasteiger partial charge on any atom is 0.244 e. The molecule has 0 saturated carbocycles. The second-order valence-electron chi connectivity index (χ2n) is 4.88. The summed E-state index contributed by atoms with van der Waals surface area (Å²) >= 11 is 0. The summed E-state index contributed by atoms with van der Waals surface area (Å²) < 4.78 is 40.1. The van der Waals surface area contributed by atoms with Crippen molar-refractivity contribution in [3.05, 3.63) is 11.4 Å². The van der Waals surface area contributed by atoms with Crippen LogP contribution in [0, 0.1) is 13.8 Å². The lowest BCUT2D eigenvalue weighted by Gasteiger charge is -2.19. The fourth-order valence-corrected chi connectivity index (χ4v) is 4.11. The van der Waals surface area contributed by atoms with Gasteiger partial charge in [0.1, 0.15) is 4.90 Å². The Kier molecular flexibility index (Phi) is 4.48. The summed E-state index contributed by atoms with van der Waals surface area (Å²) in [6, 6.07) is -0.362. The minimum Gasteiger partial charge on any atom is -0.377 e. The van der Waals surface area contributed by atoms with Gasteiger partial charge in [0.2, 0.25) is 10.0 Å². The van der Waals surface area contributed by atoms with Crippen LogP contribution in [-0.4, -0.2) is 50.2 Å². The molecule has 0 spiro atoms. The fraction of sp³-hybridized carbons (Fsp3) is 0.750. The zero-order chi connectivity index (χ0) is 14.9. The van der Waals surface area contributed by atoms with Crippen LogP contribution in [0.2, 0.25) is 0 Å². The van der Waals surface area contributed by atoms with Crippen LogP contribution in [0.25, 0.3) is 0 Å². The second-order valence-corrected chi connectivity index (χ2v) is 6.53. The summed E-state index contributed by atoms with van der Waals surface area (Å²) in [5, 5.41) is 4.14. The zero-order valence-corrected chi connectivity index (χ0v) is 13.0. The monoisotopic (exact) mass is 303 g/mol. The summed E-state index contributed by atoms with van der Waals surface area (Å²) in [7, 11) is -1.90. The summed E-state index contributed by atoms with van der Waals surface area (Å²) in [5.74, 6) is 0. The van der Waals surface area contributed by atoms with Gasteiger partial charge >= 0.3 is 0 Å². The number of hydrogen-bond acceptors (Lipinski definition) is 5. The van der Waals surface area contributed by atoms with Crippen LogP contribution < -0.4 is 4.72 Å². The molecular weight excluding hydrogens is 282 g/mol. The Hall–Kier alpha value is -0.960. The highest BCUT2D eigenvalue weighted by molar-refractivity contribution is 7.89. The molecule has 2 atom stereocenters. The fourth-order valence-electron chi connectivity index (χ4n) is 2.42. The number of aryl methyl sites for hydroxylation is 2. The Balaban J connectivity index is 2.23. The molecule has 1 aromatic rings. The number of nitrogens with one attached hydrogen (secondary N) is 1. The van der Waals surface area contributed by atoms with Gasteiger partial charge < -0.3 is 9.47 Å². The van der Waals surface area contributed by atoms with Crippen LogP contribution in [0.3, 0.4) is 0 Å². The average Bonchev–Trinajstić information content (AvgIpc) is 2.85. The van der Waals surface area contributed by atoms with E-state index in [0.717, 1.165) is 0 Å². The van der Waals surface area contributed by atoms with Gasteiger partial charge in [-0.1, -0.05) is 0 Å². The smallest absolute Gasteiger partial charge is 0.244 e. The molecule has 0 aromatic carbocycles. The molecule has 8 heteroatoms. The van der Waals surface area contributed by atoms with Gasteiger partial charge in [0, 0.05) is 13.7 Å². The minimum absolute atomic E-state index is 0.238. The number of rotatable bonds is 5. The van der Waals surface area contributed by atoms with Crippen LogP contribution in [0.5, 0.6) is 0 Å². The van der Waals surface area contributed by atoms with Gasteiger partial charge in [-0.25, -0.2) is 13.1 Å². The molecule has 114 valence electrons. The van der Waals surface area contributed by atoms with E-state index in [1.54, 1.807) is 25.6 Å². The predicted octanol–water partition coefficient (Wildman–Crippen LogP) is 0.119. The van der Waals surface area contributed by atoms with Crippen molar-refractivity contribution < 1.29 is 17.9 Å². The third kappa shape index (κ3) is 2.88. The van der Waals surface area contributed by atoms with E-state index in [4.69, 9.17) is 9.47 Å². The van der Waals surface area contributed by atoms with E-state index < -0.39 is 10.0 Å². The lowest BCUT2D eigenvalue weighted by Crippen LogP contribution is -2.43. The number of nitrogens with zero attached hydrogens (tertiary/aromatic N) is 2. The minimum atomic E-state index is -3.63. The highest BCUT2D eigenvalue weighted by Gasteiger charge is 2.34. The highest BCUT2D eigenvalue weighted by Crippen LogP contribution is 2.20. The molecule has 1 N–H and O–H groups in total. The van der Waals surface area contributed by atoms with Crippen molar-refractivity contribution in [1.82, 2.24) is 14.5 Å². The first-order valence-corrected chi connectivity index (χ1v) is 8.07. The van der Waals surface area contributed by atoms with E-state index in [1.807, 2.05) is 6.92 Å². The van der Waals surface area contributed by atoms with Crippen molar-refractivity contribution in [3.63, 3.8) is 0 Å². The van der Waals surface area contributed by atoms with Crippen LogP contribution in [0.1, 0.15) is 18.3 Å². The molecule has 1 aromatic heterocycles. The van der Waals surface area contributed by atoms with Crippen molar-refractivity contribution in [2.24, 2.45) is 7.05 Å². The Labute approximate surface area is 119 Å². The van der Waals surface area contributed by atoms with E-state index in [9.17, 15) is 8.42 Å². The normalized spacial score (nSPS) is 23.4. The third-order valence-electron chi connectivity index (χ3n) is 3.43. The van der Waals surface area contributed by atoms with Crippen LogP contribution in [0.15, 0.2) is 4.90 Å². The number of sulfonamides is 1. The SMILES string of the molecule is CCO[C@H]1COC[C@@H]1NS(=O)(=O)c1c(C)nn(C)c1C. The Morgan fingerprint density at radius 3 is 2.70 bits per heavy atom. The van der Waals surface area contributed by atoms with Crippen molar-refractivity contribution >= 4 is 10.0 Å². The van der Waals surface area contributed by atoms with Gasteiger partial charge in [-0.05, 0) is 20.8 Å². The van der Waals surface area contributed by atoms with Gasteiger partial charge in [-0.3, -0.25) is 4.68 Å². The molecule has 7 nitrogen and oxygen atoms in total. The van der Waals surface area contributed by atoms with E-state index in [-0.39, 0.29) is 17.0 Å². The quantitative estimate of drug-likeness (QED) is 0.835. The number of aromatic nitrogens is 2. The molecular formula is C12H21N3O4S. The van der Waals surface area contributed by atoms with Crippen molar-refractivity contribution in [2.75, 3.05) is 19.8 Å². The third-order valence-corrected chi connectivity index (χ3v) is 5.17. The van der Waals surface area contributed by atoms with Crippen molar-refractivity contribution in [2.45, 2.75) is 37.8 Å². The topological polar surface area (TPSA) is 82.4 Å². The molecule has 1 fully saturated rings. The Morgan fingerprint density at radius 2 is 2.15 bits per heavy atom. The van der Waals surface area contributed by atoms with Gasteiger partial charge in [-0.15, -0.1) is 0 Å². The average molecular weight is 303 g/mol. The molecule has 1 saturated heterocycles. The molecule has 2 rings (SSSR count). The summed E-state index contributed by atoms with van der Waals surface area (Å²) in [6.45, 7) is 6.55. The van der Waals surface area contributed by atoms with Crippen LogP contribution >= 0.6 is 0 Å². The summed E-state index contributed by atoms with van der Waals surface area (Å²) in [4.78, 5) is 0.238. The maximum atomic E-state index is 12.5.